The molecule has 1 heterocycles. The summed E-state index contributed by atoms with van der Waals surface area (Å²) < 4.78 is 63.2. The number of benzene rings is 3. The molecule has 0 unspecified atom stereocenters. The number of aryl methyl sites for hydroxylation is 2. The van der Waals surface area contributed by atoms with Crippen LogP contribution in [-0.2, 0) is 11.0 Å². The maximum absolute atomic E-state index is 13.9. The van der Waals surface area contributed by atoms with Crippen LogP contribution < -0.4 is 19.6 Å². The molecule has 6 nitrogen and oxygen atoms in total. The van der Waals surface area contributed by atoms with Crippen molar-refractivity contribution in [1.82, 2.24) is 0 Å². The number of halogens is 4. The Hall–Kier alpha value is -3.98. The zero-order valence-corrected chi connectivity index (χ0v) is 22.0. The highest BCUT2D eigenvalue weighted by atomic mass is 35.5. The van der Waals surface area contributed by atoms with Crippen molar-refractivity contribution in [2.24, 2.45) is 0 Å². The molecule has 0 N–H and O–H groups in total. The van der Waals surface area contributed by atoms with Crippen molar-refractivity contribution < 1.29 is 36.6 Å². The SMILES string of the molecule is Cc1cc(C)c(C)c(Oc2c(C(F)(F)F)oc3cc(OC(=O)CCCOc4ccc(Cl)cc4)ccc3c2=O)c1. The molecule has 3 aromatic carbocycles. The molecule has 0 aliphatic carbocycles. The van der Waals surface area contributed by atoms with E-state index in [2.05, 4.69) is 0 Å². The van der Waals surface area contributed by atoms with Crippen LogP contribution in [0.3, 0.4) is 0 Å². The Bertz CT molecular complexity index is 1580. The van der Waals surface area contributed by atoms with E-state index >= 15 is 0 Å². The summed E-state index contributed by atoms with van der Waals surface area (Å²) in [5, 5.41) is 0.413. The van der Waals surface area contributed by atoms with Crippen LogP contribution in [0, 0.1) is 20.8 Å². The minimum Gasteiger partial charge on any atom is -0.494 e. The summed E-state index contributed by atoms with van der Waals surface area (Å²) in [5.41, 5.74) is 0.753. The fourth-order valence-electron chi connectivity index (χ4n) is 3.84. The first kappa shape index (κ1) is 28.0. The van der Waals surface area contributed by atoms with Gasteiger partial charge in [0.1, 0.15) is 22.8 Å². The fourth-order valence-corrected chi connectivity index (χ4v) is 3.96. The van der Waals surface area contributed by atoms with E-state index in [4.69, 9.17) is 30.2 Å². The summed E-state index contributed by atoms with van der Waals surface area (Å²) >= 11 is 5.82. The third kappa shape index (κ3) is 6.72. The van der Waals surface area contributed by atoms with Crippen molar-refractivity contribution in [3.05, 3.63) is 92.3 Å². The molecule has 10 heteroatoms. The van der Waals surface area contributed by atoms with E-state index in [1.807, 2.05) is 6.07 Å². The van der Waals surface area contributed by atoms with Gasteiger partial charge in [0.05, 0.1) is 12.0 Å². The standard InChI is InChI=1S/C29H24ClF3O6/c1-16-13-17(2)18(3)23(14-16)38-27-26(35)22-11-10-21(15-24(22)39-28(27)29(31,32)33)37-25(34)5-4-12-36-20-8-6-19(30)7-9-20/h6-11,13-15H,4-5,12H2,1-3H3. The van der Waals surface area contributed by atoms with E-state index in [-0.39, 0.29) is 29.9 Å². The molecule has 0 atom stereocenters. The van der Waals surface area contributed by atoms with Gasteiger partial charge in [0.25, 0.3) is 5.76 Å². The van der Waals surface area contributed by atoms with E-state index in [0.717, 1.165) is 17.2 Å². The molecule has 4 rings (SSSR count). The van der Waals surface area contributed by atoms with Gasteiger partial charge in [-0.3, -0.25) is 9.59 Å². The van der Waals surface area contributed by atoms with Crippen molar-refractivity contribution in [3.63, 3.8) is 0 Å². The molecule has 0 fully saturated rings. The normalized spacial score (nSPS) is 11.5. The van der Waals surface area contributed by atoms with Gasteiger partial charge in [0, 0.05) is 17.5 Å². The molecule has 0 saturated heterocycles. The van der Waals surface area contributed by atoms with Gasteiger partial charge in [-0.1, -0.05) is 17.7 Å². The van der Waals surface area contributed by atoms with Crippen LogP contribution in [0.15, 0.2) is 63.8 Å². The van der Waals surface area contributed by atoms with Crippen molar-refractivity contribution in [3.8, 4) is 23.0 Å². The van der Waals surface area contributed by atoms with Crippen molar-refractivity contribution in [2.75, 3.05) is 6.61 Å². The van der Waals surface area contributed by atoms with E-state index < -0.39 is 34.7 Å². The lowest BCUT2D eigenvalue weighted by atomic mass is 10.1. The maximum Gasteiger partial charge on any atom is 0.453 e. The summed E-state index contributed by atoms with van der Waals surface area (Å²) in [5.74, 6) is -2.53. The predicted octanol–water partition coefficient (Wildman–Crippen LogP) is 7.95. The second kappa shape index (κ2) is 11.4. The zero-order valence-electron chi connectivity index (χ0n) is 21.3. The maximum atomic E-state index is 13.9. The molecule has 204 valence electrons. The fraction of sp³-hybridized carbons (Fsp3) is 0.241. The lowest BCUT2D eigenvalue weighted by Gasteiger charge is -2.16. The third-order valence-corrected chi connectivity index (χ3v) is 6.15. The summed E-state index contributed by atoms with van der Waals surface area (Å²) in [4.78, 5) is 25.4. The highest BCUT2D eigenvalue weighted by molar-refractivity contribution is 6.30. The van der Waals surface area contributed by atoms with Crippen molar-refractivity contribution >= 4 is 28.5 Å². The van der Waals surface area contributed by atoms with E-state index in [1.165, 1.54) is 12.1 Å². The molecule has 0 amide bonds. The first-order valence-corrected chi connectivity index (χ1v) is 12.3. The Morgan fingerprint density at radius 1 is 0.974 bits per heavy atom. The Morgan fingerprint density at radius 2 is 1.67 bits per heavy atom. The van der Waals surface area contributed by atoms with Gasteiger partial charge in [-0.15, -0.1) is 0 Å². The Labute approximate surface area is 226 Å². The van der Waals surface area contributed by atoms with Crippen LogP contribution in [-0.4, -0.2) is 12.6 Å². The van der Waals surface area contributed by atoms with Crippen LogP contribution in [0.1, 0.15) is 35.3 Å². The monoisotopic (exact) mass is 560 g/mol. The van der Waals surface area contributed by atoms with Crippen LogP contribution in [0.25, 0.3) is 11.0 Å². The molecule has 0 aliphatic rings. The zero-order chi connectivity index (χ0) is 28.3. The molecule has 4 aromatic rings. The largest absolute Gasteiger partial charge is 0.494 e. The van der Waals surface area contributed by atoms with Crippen LogP contribution in [0.2, 0.25) is 5.02 Å². The third-order valence-electron chi connectivity index (χ3n) is 5.90. The van der Waals surface area contributed by atoms with Gasteiger partial charge in [-0.25, -0.2) is 0 Å². The Morgan fingerprint density at radius 3 is 2.36 bits per heavy atom. The quantitative estimate of drug-likeness (QED) is 0.124. The van der Waals surface area contributed by atoms with Gasteiger partial charge in [-0.05, 0) is 86.3 Å². The molecule has 39 heavy (non-hydrogen) atoms. The van der Waals surface area contributed by atoms with Crippen molar-refractivity contribution in [2.45, 2.75) is 39.8 Å². The average molecular weight is 561 g/mol. The predicted molar refractivity (Wildman–Crippen MR) is 140 cm³/mol. The smallest absolute Gasteiger partial charge is 0.453 e. The highest BCUT2D eigenvalue weighted by Crippen LogP contribution is 2.39. The second-order valence-corrected chi connectivity index (χ2v) is 9.37. The summed E-state index contributed by atoms with van der Waals surface area (Å²) in [6.07, 6.45) is -4.70. The Balaban J connectivity index is 1.53. The molecular weight excluding hydrogens is 537 g/mol. The highest BCUT2D eigenvalue weighted by Gasteiger charge is 2.40. The lowest BCUT2D eigenvalue weighted by molar-refractivity contribution is -0.154. The summed E-state index contributed by atoms with van der Waals surface area (Å²) in [7, 11) is 0. The molecule has 0 aliphatic heterocycles. The molecule has 0 radical (unpaired) electrons. The van der Waals surface area contributed by atoms with Gasteiger partial charge < -0.3 is 18.6 Å². The topological polar surface area (TPSA) is 75.0 Å². The molecule has 0 saturated carbocycles. The van der Waals surface area contributed by atoms with E-state index in [9.17, 15) is 22.8 Å². The number of rotatable bonds is 8. The number of fused-ring (bicyclic) bond motifs is 1. The van der Waals surface area contributed by atoms with Gasteiger partial charge in [0.2, 0.25) is 11.2 Å². The summed E-state index contributed by atoms with van der Waals surface area (Å²) in [6, 6.07) is 13.7. The number of alkyl halides is 3. The first-order valence-electron chi connectivity index (χ1n) is 11.9. The van der Waals surface area contributed by atoms with Crippen LogP contribution in [0.5, 0.6) is 23.0 Å². The molecule has 0 bridgehead atoms. The summed E-state index contributed by atoms with van der Waals surface area (Å²) in [6.45, 7) is 5.48. The van der Waals surface area contributed by atoms with Crippen LogP contribution in [0.4, 0.5) is 13.2 Å². The molecule has 1 aromatic heterocycles. The van der Waals surface area contributed by atoms with Gasteiger partial charge in [-0.2, -0.15) is 13.2 Å². The first-order chi connectivity index (χ1) is 18.4. The number of hydrogen-bond acceptors (Lipinski definition) is 6. The molecular formula is C29H24ClF3O6. The van der Waals surface area contributed by atoms with E-state index in [1.54, 1.807) is 51.1 Å². The second-order valence-electron chi connectivity index (χ2n) is 8.93. The minimum atomic E-state index is -5.02. The molecule has 0 spiro atoms. The minimum absolute atomic E-state index is 0.00852. The average Bonchev–Trinajstić information content (AvgIpc) is 2.86. The number of esters is 1. The van der Waals surface area contributed by atoms with Crippen LogP contribution >= 0.6 is 11.6 Å². The van der Waals surface area contributed by atoms with Gasteiger partial charge >= 0.3 is 12.1 Å². The van der Waals surface area contributed by atoms with E-state index in [0.29, 0.717) is 22.8 Å². The lowest BCUT2D eigenvalue weighted by Crippen LogP contribution is -2.16. The number of carbonyl (C=O) groups excluding carboxylic acids is 1. The Kier molecular flexibility index (Phi) is 8.20. The number of ether oxygens (including phenoxy) is 3. The number of hydrogen-bond donors (Lipinski definition) is 0. The van der Waals surface area contributed by atoms with Gasteiger partial charge in [0.15, 0.2) is 0 Å². The number of carbonyl (C=O) groups is 1. The van der Waals surface area contributed by atoms with Crippen molar-refractivity contribution in [1.29, 1.82) is 0 Å².